The minimum atomic E-state index is -0.752. The summed E-state index contributed by atoms with van der Waals surface area (Å²) in [6.07, 6.45) is 3.30. The molecule has 1 aromatic carbocycles. The Labute approximate surface area is 124 Å². The van der Waals surface area contributed by atoms with Gasteiger partial charge in [0.25, 0.3) is 5.91 Å². The summed E-state index contributed by atoms with van der Waals surface area (Å²) in [6, 6.07) is 7.36. The minimum Gasteiger partial charge on any atom is -0.481 e. The van der Waals surface area contributed by atoms with E-state index in [2.05, 4.69) is 5.32 Å². The molecule has 0 spiro atoms. The third-order valence-corrected chi connectivity index (χ3v) is 4.15. The van der Waals surface area contributed by atoms with Gasteiger partial charge in [-0.25, -0.2) is 0 Å². The predicted octanol–water partition coefficient (Wildman–Crippen LogP) is 1.42. The predicted molar refractivity (Wildman–Crippen MR) is 80.0 cm³/mol. The Kier molecular flexibility index (Phi) is 5.33. The monoisotopic (exact) mass is 290 g/mol. The molecule has 1 aromatic rings. The van der Waals surface area contributed by atoms with Gasteiger partial charge in [0, 0.05) is 12.1 Å². The summed E-state index contributed by atoms with van der Waals surface area (Å²) in [6.45, 7) is 1.02. The van der Waals surface area contributed by atoms with Crippen LogP contribution in [-0.2, 0) is 11.2 Å². The highest BCUT2D eigenvalue weighted by atomic mass is 16.4. The second kappa shape index (κ2) is 7.22. The molecule has 4 N–H and O–H groups in total. The zero-order valence-corrected chi connectivity index (χ0v) is 12.0. The number of nitrogens with two attached hydrogens (primary N) is 1. The molecule has 0 heterocycles. The highest BCUT2D eigenvalue weighted by molar-refractivity contribution is 5.94. The fourth-order valence-electron chi connectivity index (χ4n) is 2.92. The second-order valence-electron chi connectivity index (χ2n) is 5.58. The fraction of sp³-hybridized carbons (Fsp3) is 0.500. The van der Waals surface area contributed by atoms with Crippen molar-refractivity contribution in [1.29, 1.82) is 0 Å². The molecule has 1 aliphatic rings. The lowest BCUT2D eigenvalue weighted by atomic mass is 9.96. The van der Waals surface area contributed by atoms with Gasteiger partial charge < -0.3 is 16.2 Å². The number of carboxylic acid groups (broad SMARTS) is 1. The maximum atomic E-state index is 12.1. The number of benzene rings is 1. The van der Waals surface area contributed by atoms with E-state index in [-0.39, 0.29) is 17.7 Å². The quantitative estimate of drug-likeness (QED) is 0.738. The third-order valence-electron chi connectivity index (χ3n) is 4.15. The first-order chi connectivity index (χ1) is 10.1. The Morgan fingerprint density at radius 2 is 1.95 bits per heavy atom. The summed E-state index contributed by atoms with van der Waals surface area (Å²) in [5, 5.41) is 12.0. The number of rotatable bonds is 6. The number of hydrogen-bond donors (Lipinski definition) is 3. The summed E-state index contributed by atoms with van der Waals surface area (Å²) in [7, 11) is 0. The Balaban J connectivity index is 1.88. The Morgan fingerprint density at radius 3 is 2.57 bits per heavy atom. The molecule has 1 amide bonds. The average molecular weight is 290 g/mol. The van der Waals surface area contributed by atoms with E-state index in [4.69, 9.17) is 10.8 Å². The van der Waals surface area contributed by atoms with Crippen LogP contribution in [0.1, 0.15) is 35.2 Å². The van der Waals surface area contributed by atoms with Gasteiger partial charge in [-0.15, -0.1) is 0 Å². The molecule has 0 bridgehead atoms. The van der Waals surface area contributed by atoms with Crippen molar-refractivity contribution in [2.24, 2.45) is 17.6 Å². The third kappa shape index (κ3) is 4.04. The first kappa shape index (κ1) is 15.5. The molecule has 2 rings (SSSR count). The van der Waals surface area contributed by atoms with Crippen LogP contribution in [0, 0.1) is 11.8 Å². The first-order valence-electron chi connectivity index (χ1n) is 7.42. The van der Waals surface area contributed by atoms with Gasteiger partial charge in [0.2, 0.25) is 0 Å². The molecule has 5 heteroatoms. The maximum absolute atomic E-state index is 12.1. The van der Waals surface area contributed by atoms with Crippen molar-refractivity contribution in [3.05, 3.63) is 35.4 Å². The van der Waals surface area contributed by atoms with Crippen LogP contribution in [0.4, 0.5) is 0 Å². The number of aliphatic carboxylic acids is 1. The van der Waals surface area contributed by atoms with E-state index < -0.39 is 5.97 Å². The lowest BCUT2D eigenvalue weighted by Crippen LogP contribution is -2.33. The van der Waals surface area contributed by atoms with Gasteiger partial charge in [-0.1, -0.05) is 18.6 Å². The average Bonchev–Trinajstić information content (AvgIpc) is 2.94. The number of hydrogen-bond acceptors (Lipinski definition) is 3. The number of carbonyl (C=O) groups is 2. The maximum Gasteiger partial charge on any atom is 0.306 e. The van der Waals surface area contributed by atoms with Crippen LogP contribution in [-0.4, -0.2) is 30.1 Å². The van der Waals surface area contributed by atoms with Crippen LogP contribution in [0.5, 0.6) is 0 Å². The van der Waals surface area contributed by atoms with Crippen LogP contribution >= 0.6 is 0 Å². The molecular formula is C16H22N2O3. The van der Waals surface area contributed by atoms with E-state index in [1.54, 1.807) is 12.1 Å². The van der Waals surface area contributed by atoms with Crippen molar-refractivity contribution in [2.75, 3.05) is 13.1 Å². The highest BCUT2D eigenvalue weighted by Crippen LogP contribution is 2.31. The Bertz CT molecular complexity index is 499. The van der Waals surface area contributed by atoms with Crippen molar-refractivity contribution in [2.45, 2.75) is 25.7 Å². The summed E-state index contributed by atoms with van der Waals surface area (Å²) in [4.78, 5) is 23.2. The molecular weight excluding hydrogens is 268 g/mol. The Morgan fingerprint density at radius 1 is 1.24 bits per heavy atom. The highest BCUT2D eigenvalue weighted by Gasteiger charge is 2.32. The van der Waals surface area contributed by atoms with Crippen LogP contribution in [0.2, 0.25) is 0 Å². The number of carbonyl (C=O) groups excluding carboxylic acids is 1. The standard InChI is InChI=1S/C16H22N2O3/c17-9-8-11-4-6-12(7-5-11)15(19)18-10-13-2-1-3-14(13)16(20)21/h4-7,13-14H,1-3,8-10,17H2,(H,18,19)(H,20,21). The van der Waals surface area contributed by atoms with Gasteiger partial charge in [-0.3, -0.25) is 9.59 Å². The lowest BCUT2D eigenvalue weighted by molar-refractivity contribution is -0.142. The van der Waals surface area contributed by atoms with E-state index in [1.165, 1.54) is 0 Å². The van der Waals surface area contributed by atoms with E-state index >= 15 is 0 Å². The molecule has 1 aliphatic carbocycles. The van der Waals surface area contributed by atoms with Crippen LogP contribution in [0.15, 0.2) is 24.3 Å². The number of amides is 1. The van der Waals surface area contributed by atoms with Crippen molar-refractivity contribution in [1.82, 2.24) is 5.32 Å². The molecule has 0 radical (unpaired) electrons. The smallest absolute Gasteiger partial charge is 0.306 e. The van der Waals surface area contributed by atoms with Gasteiger partial charge in [0.05, 0.1) is 5.92 Å². The topological polar surface area (TPSA) is 92.4 Å². The fourth-order valence-corrected chi connectivity index (χ4v) is 2.92. The van der Waals surface area contributed by atoms with Crippen molar-refractivity contribution >= 4 is 11.9 Å². The van der Waals surface area contributed by atoms with Crippen molar-refractivity contribution in [3.63, 3.8) is 0 Å². The number of nitrogens with one attached hydrogen (secondary N) is 1. The van der Waals surface area contributed by atoms with Crippen molar-refractivity contribution < 1.29 is 14.7 Å². The van der Waals surface area contributed by atoms with Gasteiger partial charge in [0.1, 0.15) is 0 Å². The molecule has 0 saturated heterocycles. The van der Waals surface area contributed by atoms with Gasteiger partial charge in [0.15, 0.2) is 0 Å². The zero-order valence-electron chi connectivity index (χ0n) is 12.0. The summed E-state index contributed by atoms with van der Waals surface area (Å²) in [5.74, 6) is -1.18. The lowest BCUT2D eigenvalue weighted by Gasteiger charge is -2.16. The second-order valence-corrected chi connectivity index (χ2v) is 5.58. The van der Waals surface area contributed by atoms with Gasteiger partial charge >= 0.3 is 5.97 Å². The largest absolute Gasteiger partial charge is 0.481 e. The molecule has 21 heavy (non-hydrogen) atoms. The summed E-state index contributed by atoms with van der Waals surface area (Å²) < 4.78 is 0. The molecule has 5 nitrogen and oxygen atoms in total. The van der Waals surface area contributed by atoms with Crippen LogP contribution < -0.4 is 11.1 Å². The molecule has 0 aliphatic heterocycles. The zero-order chi connectivity index (χ0) is 15.2. The molecule has 2 unspecified atom stereocenters. The summed E-state index contributed by atoms with van der Waals surface area (Å²) in [5.41, 5.74) is 7.19. The first-order valence-corrected chi connectivity index (χ1v) is 7.42. The minimum absolute atomic E-state index is 0.0444. The molecule has 1 saturated carbocycles. The Hall–Kier alpha value is -1.88. The van der Waals surface area contributed by atoms with Crippen LogP contribution in [0.3, 0.4) is 0 Å². The van der Waals surface area contributed by atoms with E-state index in [9.17, 15) is 9.59 Å². The molecule has 1 fully saturated rings. The molecule has 2 atom stereocenters. The van der Waals surface area contributed by atoms with Gasteiger partial charge in [-0.05, 0) is 49.4 Å². The van der Waals surface area contributed by atoms with E-state index in [1.807, 2.05) is 12.1 Å². The normalized spacial score (nSPS) is 21.2. The van der Waals surface area contributed by atoms with Gasteiger partial charge in [-0.2, -0.15) is 0 Å². The SMILES string of the molecule is NCCc1ccc(C(=O)NCC2CCCC2C(=O)O)cc1. The number of carboxylic acids is 1. The van der Waals surface area contributed by atoms with E-state index in [0.29, 0.717) is 25.1 Å². The summed E-state index contributed by atoms with van der Waals surface area (Å²) >= 11 is 0. The van der Waals surface area contributed by atoms with Crippen LogP contribution in [0.25, 0.3) is 0 Å². The van der Waals surface area contributed by atoms with Crippen molar-refractivity contribution in [3.8, 4) is 0 Å². The molecule has 0 aromatic heterocycles. The van der Waals surface area contributed by atoms with E-state index in [0.717, 1.165) is 24.8 Å². The molecule has 114 valence electrons.